The Hall–Kier alpha value is -0.490. The number of aliphatic hydroxyl groups is 1. The maximum atomic E-state index is 9.21. The molecule has 1 aromatic rings. The number of rotatable bonds is 2. The van der Waals surface area contributed by atoms with Crippen LogP contribution in [-0.2, 0) is 0 Å². The fraction of sp³-hybridized carbons (Fsp3) is 0.500. The smallest absolute Gasteiger partial charge is 0.0600 e. The number of nitrogens with two attached hydrogens (primary N) is 1. The molecule has 1 fully saturated rings. The van der Waals surface area contributed by atoms with Crippen LogP contribution in [0.15, 0.2) is 18.2 Å². The molecular formula is C12H17IN2O. The van der Waals surface area contributed by atoms with E-state index in [1.165, 1.54) is 0 Å². The topological polar surface area (TPSA) is 49.5 Å². The number of hydrogen-bond acceptors (Lipinski definition) is 3. The summed E-state index contributed by atoms with van der Waals surface area (Å²) in [5.74, 6) is 0.396. The highest BCUT2D eigenvalue weighted by Gasteiger charge is 2.20. The monoisotopic (exact) mass is 332 g/mol. The summed E-state index contributed by atoms with van der Waals surface area (Å²) in [6.07, 6.45) is 2.26. The van der Waals surface area contributed by atoms with Gasteiger partial charge in [0, 0.05) is 23.3 Å². The highest BCUT2D eigenvalue weighted by molar-refractivity contribution is 14.1. The first-order valence-corrected chi connectivity index (χ1v) is 6.69. The first-order chi connectivity index (χ1) is 7.70. The molecule has 1 aliphatic rings. The van der Waals surface area contributed by atoms with Crippen molar-refractivity contribution in [1.82, 2.24) is 0 Å². The lowest BCUT2D eigenvalue weighted by atomic mass is 9.98. The number of aliphatic hydroxyl groups excluding tert-OH is 1. The predicted octanol–water partition coefficient (Wildman–Crippen LogP) is 2.08. The highest BCUT2D eigenvalue weighted by Crippen LogP contribution is 2.29. The van der Waals surface area contributed by atoms with E-state index in [1.807, 2.05) is 6.07 Å². The van der Waals surface area contributed by atoms with Crippen molar-refractivity contribution >= 4 is 34.0 Å². The average molecular weight is 332 g/mol. The Bertz CT molecular complexity index is 370. The molecule has 0 spiro atoms. The summed E-state index contributed by atoms with van der Waals surface area (Å²) in [5, 5.41) is 9.21. The molecular weight excluding hydrogens is 315 g/mol. The van der Waals surface area contributed by atoms with Gasteiger partial charge in [-0.05, 0) is 59.5 Å². The number of hydrogen-bond donors (Lipinski definition) is 2. The Morgan fingerprint density at radius 2 is 2.31 bits per heavy atom. The summed E-state index contributed by atoms with van der Waals surface area (Å²) < 4.78 is 1.16. The van der Waals surface area contributed by atoms with E-state index in [4.69, 9.17) is 5.73 Å². The maximum Gasteiger partial charge on any atom is 0.0600 e. The van der Waals surface area contributed by atoms with Crippen LogP contribution in [0.1, 0.15) is 12.8 Å². The first-order valence-electron chi connectivity index (χ1n) is 5.61. The number of piperidine rings is 1. The van der Waals surface area contributed by atoms with Crippen molar-refractivity contribution in [2.45, 2.75) is 12.8 Å². The molecule has 0 aromatic heterocycles. The van der Waals surface area contributed by atoms with Crippen molar-refractivity contribution in [3.63, 3.8) is 0 Å². The van der Waals surface area contributed by atoms with Crippen LogP contribution in [0.25, 0.3) is 0 Å². The molecule has 0 aliphatic carbocycles. The molecule has 1 atom stereocenters. The highest BCUT2D eigenvalue weighted by atomic mass is 127. The standard InChI is InChI=1S/C12H17IN2O/c13-10-3-4-12(11(14)6-10)15-5-1-2-9(7-15)8-16/h3-4,6,9,16H,1-2,5,7-8,14H2. The Kier molecular flexibility index (Phi) is 3.91. The fourth-order valence-electron chi connectivity index (χ4n) is 2.25. The normalized spacial score (nSPS) is 21.1. The molecule has 1 saturated heterocycles. The van der Waals surface area contributed by atoms with Gasteiger partial charge in [0.25, 0.3) is 0 Å². The maximum absolute atomic E-state index is 9.21. The molecule has 0 amide bonds. The lowest BCUT2D eigenvalue weighted by Crippen LogP contribution is -2.37. The average Bonchev–Trinajstić information content (AvgIpc) is 2.29. The predicted molar refractivity (Wildman–Crippen MR) is 75.6 cm³/mol. The minimum Gasteiger partial charge on any atom is -0.397 e. The second kappa shape index (κ2) is 5.23. The van der Waals surface area contributed by atoms with Crippen molar-refractivity contribution in [2.24, 2.45) is 5.92 Å². The van der Waals surface area contributed by atoms with Gasteiger partial charge in [0.1, 0.15) is 0 Å². The molecule has 1 aromatic carbocycles. The zero-order valence-electron chi connectivity index (χ0n) is 9.19. The zero-order chi connectivity index (χ0) is 11.5. The zero-order valence-corrected chi connectivity index (χ0v) is 11.4. The fourth-order valence-corrected chi connectivity index (χ4v) is 2.76. The third-order valence-corrected chi connectivity index (χ3v) is 3.78. The lowest BCUT2D eigenvalue weighted by Gasteiger charge is -2.34. The van der Waals surface area contributed by atoms with Gasteiger partial charge in [-0.2, -0.15) is 0 Å². The van der Waals surface area contributed by atoms with Gasteiger partial charge in [-0.1, -0.05) is 0 Å². The van der Waals surface area contributed by atoms with E-state index in [1.54, 1.807) is 0 Å². The summed E-state index contributed by atoms with van der Waals surface area (Å²) in [4.78, 5) is 2.29. The van der Waals surface area contributed by atoms with E-state index in [0.29, 0.717) is 5.92 Å². The molecule has 1 aliphatic heterocycles. The molecule has 16 heavy (non-hydrogen) atoms. The van der Waals surface area contributed by atoms with Crippen molar-refractivity contribution in [1.29, 1.82) is 0 Å². The molecule has 0 radical (unpaired) electrons. The molecule has 3 nitrogen and oxygen atoms in total. The summed E-state index contributed by atoms with van der Waals surface area (Å²) in [7, 11) is 0. The molecule has 1 heterocycles. The van der Waals surface area contributed by atoms with E-state index in [9.17, 15) is 5.11 Å². The minimum atomic E-state index is 0.279. The second-order valence-electron chi connectivity index (χ2n) is 4.34. The van der Waals surface area contributed by atoms with Crippen LogP contribution in [0.2, 0.25) is 0 Å². The summed E-state index contributed by atoms with van der Waals surface area (Å²) in [5.41, 5.74) is 7.98. The Morgan fingerprint density at radius 3 is 3.00 bits per heavy atom. The molecule has 2 rings (SSSR count). The van der Waals surface area contributed by atoms with E-state index >= 15 is 0 Å². The number of halogens is 1. The van der Waals surface area contributed by atoms with Crippen LogP contribution in [0, 0.1) is 9.49 Å². The van der Waals surface area contributed by atoms with Crippen LogP contribution in [0.5, 0.6) is 0 Å². The Labute approximate surface area is 110 Å². The van der Waals surface area contributed by atoms with Crippen LogP contribution in [0.3, 0.4) is 0 Å². The molecule has 3 N–H and O–H groups in total. The van der Waals surface area contributed by atoms with Gasteiger partial charge < -0.3 is 15.7 Å². The first kappa shape index (κ1) is 12.0. The van der Waals surface area contributed by atoms with Crippen molar-refractivity contribution in [2.75, 3.05) is 30.3 Å². The van der Waals surface area contributed by atoms with Gasteiger partial charge in [0.2, 0.25) is 0 Å². The van der Waals surface area contributed by atoms with Gasteiger partial charge in [0.15, 0.2) is 0 Å². The minimum absolute atomic E-state index is 0.279. The van der Waals surface area contributed by atoms with Gasteiger partial charge >= 0.3 is 0 Å². The lowest BCUT2D eigenvalue weighted by molar-refractivity contribution is 0.209. The third kappa shape index (κ3) is 2.60. The largest absolute Gasteiger partial charge is 0.397 e. The Balaban J connectivity index is 2.16. The Morgan fingerprint density at radius 1 is 1.50 bits per heavy atom. The molecule has 1 unspecified atom stereocenters. The van der Waals surface area contributed by atoms with E-state index in [2.05, 4.69) is 39.6 Å². The quantitative estimate of drug-likeness (QED) is 0.644. The van der Waals surface area contributed by atoms with E-state index in [0.717, 1.165) is 40.9 Å². The van der Waals surface area contributed by atoms with Crippen molar-refractivity contribution in [3.05, 3.63) is 21.8 Å². The second-order valence-corrected chi connectivity index (χ2v) is 5.59. The number of nitrogen functional groups attached to an aromatic ring is 1. The van der Waals surface area contributed by atoms with Gasteiger partial charge in [-0.15, -0.1) is 0 Å². The number of anilines is 2. The van der Waals surface area contributed by atoms with Crippen molar-refractivity contribution in [3.8, 4) is 0 Å². The van der Waals surface area contributed by atoms with Crippen LogP contribution < -0.4 is 10.6 Å². The van der Waals surface area contributed by atoms with Gasteiger partial charge in [-0.3, -0.25) is 0 Å². The summed E-state index contributed by atoms with van der Waals surface area (Å²) >= 11 is 2.27. The molecule has 0 saturated carbocycles. The molecule has 4 heteroatoms. The van der Waals surface area contributed by atoms with E-state index in [-0.39, 0.29) is 6.61 Å². The van der Waals surface area contributed by atoms with Crippen molar-refractivity contribution < 1.29 is 5.11 Å². The molecule has 0 bridgehead atoms. The third-order valence-electron chi connectivity index (χ3n) is 3.11. The van der Waals surface area contributed by atoms with Crippen LogP contribution >= 0.6 is 22.6 Å². The number of benzene rings is 1. The number of nitrogens with zero attached hydrogens (tertiary/aromatic N) is 1. The summed E-state index contributed by atoms with van der Waals surface area (Å²) in [6.45, 7) is 2.24. The van der Waals surface area contributed by atoms with Crippen LogP contribution in [-0.4, -0.2) is 24.8 Å². The summed E-state index contributed by atoms with van der Waals surface area (Å²) in [6, 6.07) is 6.16. The van der Waals surface area contributed by atoms with E-state index < -0.39 is 0 Å². The van der Waals surface area contributed by atoms with Gasteiger partial charge in [0.05, 0.1) is 11.4 Å². The SMILES string of the molecule is Nc1cc(I)ccc1N1CCCC(CO)C1. The van der Waals surface area contributed by atoms with Gasteiger partial charge in [-0.25, -0.2) is 0 Å². The van der Waals surface area contributed by atoms with Crippen LogP contribution in [0.4, 0.5) is 11.4 Å². The molecule has 88 valence electrons.